The fourth-order valence-electron chi connectivity index (χ4n) is 4.14. The predicted molar refractivity (Wildman–Crippen MR) is 130 cm³/mol. The number of para-hydroxylation sites is 1. The quantitative estimate of drug-likeness (QED) is 0.321. The smallest absolute Gasteiger partial charge is 0.355 e. The number of pyridine rings is 1. The van der Waals surface area contributed by atoms with Crippen LogP contribution in [-0.2, 0) is 16.0 Å². The van der Waals surface area contributed by atoms with Gasteiger partial charge in [-0.3, -0.25) is 9.79 Å². The molecular weight excluding hydrogens is 442 g/mol. The minimum absolute atomic E-state index is 0.0647. The van der Waals surface area contributed by atoms with E-state index in [0.29, 0.717) is 41.1 Å². The first-order chi connectivity index (χ1) is 16.0. The Balaban J connectivity index is 1.96. The Morgan fingerprint density at radius 3 is 2.55 bits per heavy atom. The number of carbonyl (C=O) groups is 1. The third-order valence-electron chi connectivity index (χ3n) is 5.73. The van der Waals surface area contributed by atoms with E-state index in [9.17, 15) is 9.59 Å². The molecule has 0 spiro atoms. The Bertz CT molecular complexity index is 1250. The second kappa shape index (κ2) is 10.2. The van der Waals surface area contributed by atoms with Crippen molar-refractivity contribution < 1.29 is 14.3 Å². The normalized spacial score (nSPS) is 14.5. The van der Waals surface area contributed by atoms with Gasteiger partial charge in [0.15, 0.2) is 5.43 Å². The van der Waals surface area contributed by atoms with Crippen molar-refractivity contribution >= 4 is 34.3 Å². The summed E-state index contributed by atoms with van der Waals surface area (Å²) in [5.41, 5.74) is 1.45. The number of methoxy groups -OCH3 is 1. The number of aliphatic imine (C=N–C) groups is 1. The first kappa shape index (κ1) is 23.0. The molecule has 1 aliphatic rings. The number of hydrogen-bond donors (Lipinski definition) is 0. The van der Waals surface area contributed by atoms with Gasteiger partial charge >= 0.3 is 5.97 Å². The summed E-state index contributed by atoms with van der Waals surface area (Å²) in [5.74, 6) is 0.281. The van der Waals surface area contributed by atoms with E-state index in [0.717, 1.165) is 24.6 Å². The van der Waals surface area contributed by atoms with Crippen molar-refractivity contribution in [1.29, 1.82) is 0 Å². The van der Waals surface area contributed by atoms with Crippen molar-refractivity contribution in [2.24, 2.45) is 4.99 Å². The highest BCUT2D eigenvalue weighted by molar-refractivity contribution is 6.31. The van der Waals surface area contributed by atoms with Crippen LogP contribution in [0.25, 0.3) is 16.6 Å². The van der Waals surface area contributed by atoms with Gasteiger partial charge in [-0.15, -0.1) is 0 Å². The molecule has 0 amide bonds. The van der Waals surface area contributed by atoms with E-state index in [2.05, 4.69) is 4.90 Å². The highest BCUT2D eigenvalue weighted by Crippen LogP contribution is 2.25. The van der Waals surface area contributed by atoms with Crippen LogP contribution in [0.15, 0.2) is 58.3 Å². The predicted octanol–water partition coefficient (Wildman–Crippen LogP) is 4.07. The fraction of sp³-hybridized carbons (Fsp3) is 0.320. The van der Waals surface area contributed by atoms with Crippen molar-refractivity contribution in [2.75, 3.05) is 33.4 Å². The molecule has 0 saturated carbocycles. The van der Waals surface area contributed by atoms with Crippen LogP contribution in [0.2, 0.25) is 5.02 Å². The lowest BCUT2D eigenvalue weighted by Crippen LogP contribution is -2.40. The zero-order chi connectivity index (χ0) is 23.4. The lowest BCUT2D eigenvalue weighted by molar-refractivity contribution is 0.0589. The Morgan fingerprint density at radius 1 is 1.15 bits per heavy atom. The SMILES string of the molecule is CCC(=NCc1c(C(=O)OC)n(-c2ccccc2)c2cc(Cl)ccc2c1=O)N1CCOCC1. The van der Waals surface area contributed by atoms with E-state index in [1.54, 1.807) is 22.8 Å². The van der Waals surface area contributed by atoms with Crippen molar-refractivity contribution in [3.8, 4) is 5.69 Å². The maximum absolute atomic E-state index is 13.6. The second-order valence-electron chi connectivity index (χ2n) is 7.67. The van der Waals surface area contributed by atoms with Gasteiger partial charge in [-0.25, -0.2) is 4.79 Å². The molecule has 2 aromatic carbocycles. The lowest BCUT2D eigenvalue weighted by Gasteiger charge is -2.29. The average molecular weight is 468 g/mol. The maximum Gasteiger partial charge on any atom is 0.355 e. The number of hydrogen-bond acceptors (Lipinski definition) is 5. The molecular formula is C25H26ClN3O4. The largest absolute Gasteiger partial charge is 0.464 e. The highest BCUT2D eigenvalue weighted by Gasteiger charge is 2.24. The van der Waals surface area contributed by atoms with E-state index in [-0.39, 0.29) is 17.7 Å². The maximum atomic E-state index is 13.6. The van der Waals surface area contributed by atoms with Crippen LogP contribution < -0.4 is 5.43 Å². The van der Waals surface area contributed by atoms with Gasteiger partial charge in [-0.1, -0.05) is 36.7 Å². The standard InChI is InChI=1S/C25H26ClN3O4/c1-3-22(28-11-13-33-14-12-28)27-16-20-23(25(31)32-2)29(18-7-5-4-6-8-18)21-15-17(26)9-10-19(21)24(20)30/h4-10,15H,3,11-14,16H2,1-2H3. The summed E-state index contributed by atoms with van der Waals surface area (Å²) < 4.78 is 12.3. The molecule has 0 aliphatic carbocycles. The molecule has 1 saturated heterocycles. The lowest BCUT2D eigenvalue weighted by atomic mass is 10.1. The molecule has 0 N–H and O–H groups in total. The first-order valence-electron chi connectivity index (χ1n) is 10.9. The van der Waals surface area contributed by atoms with Crippen molar-refractivity contribution in [3.05, 3.63) is 75.0 Å². The minimum Gasteiger partial charge on any atom is -0.464 e. The Morgan fingerprint density at radius 2 is 1.88 bits per heavy atom. The molecule has 33 heavy (non-hydrogen) atoms. The van der Waals surface area contributed by atoms with E-state index < -0.39 is 5.97 Å². The highest BCUT2D eigenvalue weighted by atomic mass is 35.5. The van der Waals surface area contributed by atoms with E-state index >= 15 is 0 Å². The Kier molecular flexibility index (Phi) is 7.11. The van der Waals surface area contributed by atoms with Gasteiger partial charge in [0.05, 0.1) is 43.8 Å². The van der Waals surface area contributed by atoms with Gasteiger partial charge < -0.3 is 18.9 Å². The number of rotatable bonds is 5. The summed E-state index contributed by atoms with van der Waals surface area (Å²) in [7, 11) is 1.31. The van der Waals surface area contributed by atoms with Crippen LogP contribution in [0.4, 0.5) is 0 Å². The molecule has 0 atom stereocenters. The first-order valence-corrected chi connectivity index (χ1v) is 11.3. The zero-order valence-corrected chi connectivity index (χ0v) is 19.5. The van der Waals surface area contributed by atoms with Gasteiger partial charge in [0.2, 0.25) is 0 Å². The zero-order valence-electron chi connectivity index (χ0n) is 18.7. The molecule has 0 bridgehead atoms. The summed E-state index contributed by atoms with van der Waals surface area (Å²) in [6.45, 7) is 4.88. The number of morpholine rings is 1. The van der Waals surface area contributed by atoms with Gasteiger partial charge in [-0.05, 0) is 30.3 Å². The van der Waals surface area contributed by atoms with Crippen LogP contribution in [-0.4, -0.2) is 54.7 Å². The number of esters is 1. The van der Waals surface area contributed by atoms with Crippen LogP contribution in [0.3, 0.4) is 0 Å². The molecule has 2 heterocycles. The number of fused-ring (bicyclic) bond motifs is 1. The van der Waals surface area contributed by atoms with E-state index in [4.69, 9.17) is 26.1 Å². The van der Waals surface area contributed by atoms with E-state index in [1.165, 1.54) is 7.11 Å². The van der Waals surface area contributed by atoms with Gasteiger partial charge in [0.1, 0.15) is 5.69 Å². The molecule has 3 aromatic rings. The van der Waals surface area contributed by atoms with Crippen molar-refractivity contribution in [2.45, 2.75) is 19.9 Å². The topological polar surface area (TPSA) is 73.1 Å². The number of halogens is 1. The van der Waals surface area contributed by atoms with E-state index in [1.807, 2.05) is 37.3 Å². The van der Waals surface area contributed by atoms with Crippen LogP contribution in [0.5, 0.6) is 0 Å². The summed E-state index contributed by atoms with van der Waals surface area (Å²) in [6.07, 6.45) is 0.712. The fourth-order valence-corrected chi connectivity index (χ4v) is 4.30. The number of nitrogens with zero attached hydrogens (tertiary/aromatic N) is 3. The van der Waals surface area contributed by atoms with Gasteiger partial charge in [0.25, 0.3) is 0 Å². The van der Waals surface area contributed by atoms with Crippen molar-refractivity contribution in [3.63, 3.8) is 0 Å². The summed E-state index contributed by atoms with van der Waals surface area (Å²) in [6, 6.07) is 14.4. The number of benzene rings is 2. The molecule has 7 nitrogen and oxygen atoms in total. The Labute approximate surface area is 197 Å². The monoisotopic (exact) mass is 467 g/mol. The molecule has 1 aliphatic heterocycles. The summed E-state index contributed by atoms with van der Waals surface area (Å²) >= 11 is 6.27. The van der Waals surface area contributed by atoms with Gasteiger partial charge in [0, 0.05) is 35.6 Å². The third kappa shape index (κ3) is 4.65. The summed E-state index contributed by atoms with van der Waals surface area (Å²) in [4.78, 5) is 33.5. The average Bonchev–Trinajstić information content (AvgIpc) is 2.85. The van der Waals surface area contributed by atoms with Crippen LogP contribution in [0, 0.1) is 0 Å². The molecule has 1 aromatic heterocycles. The molecule has 0 unspecified atom stereocenters. The molecule has 1 fully saturated rings. The minimum atomic E-state index is -0.604. The summed E-state index contributed by atoms with van der Waals surface area (Å²) in [5, 5.41) is 0.930. The van der Waals surface area contributed by atoms with Crippen LogP contribution >= 0.6 is 11.6 Å². The third-order valence-corrected chi connectivity index (χ3v) is 5.97. The molecule has 172 valence electrons. The van der Waals surface area contributed by atoms with Crippen molar-refractivity contribution in [1.82, 2.24) is 9.47 Å². The number of amidine groups is 1. The second-order valence-corrected chi connectivity index (χ2v) is 8.10. The molecule has 0 radical (unpaired) electrons. The number of ether oxygens (including phenoxy) is 2. The Hall–Kier alpha value is -3.16. The van der Waals surface area contributed by atoms with Gasteiger partial charge in [-0.2, -0.15) is 0 Å². The molecule has 8 heteroatoms. The molecule has 4 rings (SSSR count). The van der Waals surface area contributed by atoms with Crippen LogP contribution in [0.1, 0.15) is 29.4 Å². The number of aromatic nitrogens is 1. The number of carbonyl (C=O) groups excluding carboxylic acids is 1.